The zero-order valence-electron chi connectivity index (χ0n) is 21.7. The maximum Gasteiger partial charge on any atom is 0.354 e. The van der Waals surface area contributed by atoms with Crippen LogP contribution in [0.15, 0.2) is 72.8 Å². The number of benzene rings is 2. The first kappa shape index (κ1) is 26.0. The van der Waals surface area contributed by atoms with E-state index in [4.69, 9.17) is 9.47 Å². The Balaban J connectivity index is 1.71. The van der Waals surface area contributed by atoms with Crippen molar-refractivity contribution in [2.24, 2.45) is 0 Å². The number of nitrogens with one attached hydrogen (secondary N) is 2. The summed E-state index contributed by atoms with van der Waals surface area (Å²) >= 11 is 0. The average molecular weight is 499 g/mol. The van der Waals surface area contributed by atoms with E-state index in [1.54, 1.807) is 0 Å². The average Bonchev–Trinajstić information content (AvgIpc) is 3.56. The van der Waals surface area contributed by atoms with Crippen LogP contribution in [0.2, 0.25) is 0 Å². The Labute approximate surface area is 218 Å². The molecule has 37 heavy (non-hydrogen) atoms. The van der Waals surface area contributed by atoms with Crippen molar-refractivity contribution < 1.29 is 19.1 Å². The normalized spacial score (nSPS) is 11.0. The molecular weight excluding hydrogens is 464 g/mol. The Bertz CT molecular complexity index is 1220. The second kappa shape index (κ2) is 12.3. The first-order valence-corrected chi connectivity index (χ1v) is 12.7. The fourth-order valence-electron chi connectivity index (χ4n) is 4.90. The van der Waals surface area contributed by atoms with Crippen LogP contribution < -0.4 is 0 Å². The number of carbonyl (C=O) groups is 2. The Morgan fingerprint density at radius 2 is 1.08 bits per heavy atom. The molecule has 4 rings (SSSR count). The highest BCUT2D eigenvalue weighted by molar-refractivity contribution is 5.88. The van der Waals surface area contributed by atoms with E-state index in [2.05, 4.69) is 41.2 Å². The molecule has 0 fully saturated rings. The minimum atomic E-state index is -0.395. The van der Waals surface area contributed by atoms with E-state index in [0.29, 0.717) is 11.4 Å². The van der Waals surface area contributed by atoms with E-state index < -0.39 is 11.9 Å². The number of ether oxygens (including phenoxy) is 2. The van der Waals surface area contributed by atoms with Crippen LogP contribution in [0.25, 0.3) is 0 Å². The molecule has 192 valence electrons. The molecule has 0 amide bonds. The summed E-state index contributed by atoms with van der Waals surface area (Å²) < 4.78 is 10.0. The lowest BCUT2D eigenvalue weighted by atomic mass is 9.90. The van der Waals surface area contributed by atoms with Crippen molar-refractivity contribution in [3.8, 4) is 0 Å². The van der Waals surface area contributed by atoms with E-state index in [9.17, 15) is 9.59 Å². The van der Waals surface area contributed by atoms with Crippen LogP contribution in [0.5, 0.6) is 0 Å². The topological polar surface area (TPSA) is 84.2 Å². The monoisotopic (exact) mass is 498 g/mol. The van der Waals surface area contributed by atoms with Gasteiger partial charge in [0.2, 0.25) is 0 Å². The molecule has 0 spiro atoms. The van der Waals surface area contributed by atoms with Gasteiger partial charge in [0.15, 0.2) is 0 Å². The molecule has 0 aliphatic rings. The fourth-order valence-corrected chi connectivity index (χ4v) is 4.90. The van der Waals surface area contributed by atoms with Crippen molar-refractivity contribution >= 4 is 11.9 Å². The molecule has 0 saturated carbocycles. The van der Waals surface area contributed by atoms with Gasteiger partial charge in [-0.1, -0.05) is 67.6 Å². The molecule has 0 aliphatic carbocycles. The van der Waals surface area contributed by atoms with Crippen LogP contribution in [-0.4, -0.2) is 36.1 Å². The maximum absolute atomic E-state index is 12.4. The molecule has 0 aliphatic heterocycles. The number of hydrogen-bond donors (Lipinski definition) is 2. The third kappa shape index (κ3) is 6.20. The molecule has 2 N–H and O–H groups in total. The Hall–Kier alpha value is -4.06. The Morgan fingerprint density at radius 3 is 1.43 bits per heavy atom. The summed E-state index contributed by atoms with van der Waals surface area (Å²) in [5.41, 5.74) is 7.42. The minimum absolute atomic E-state index is 0.0617. The number of carbonyl (C=O) groups excluding carboxylic acids is 2. The molecule has 4 aromatic rings. The van der Waals surface area contributed by atoms with E-state index in [-0.39, 0.29) is 5.92 Å². The second-order valence-electron chi connectivity index (χ2n) is 9.16. The third-order valence-electron chi connectivity index (χ3n) is 6.84. The maximum atomic E-state index is 12.4. The number of aromatic amines is 2. The van der Waals surface area contributed by atoms with Crippen LogP contribution in [-0.2, 0) is 35.2 Å². The third-order valence-corrected chi connectivity index (χ3v) is 6.84. The van der Waals surface area contributed by atoms with Crippen LogP contribution in [0.3, 0.4) is 0 Å². The molecule has 0 saturated heterocycles. The zero-order valence-corrected chi connectivity index (χ0v) is 21.7. The molecule has 2 heterocycles. The number of methoxy groups -OCH3 is 2. The highest BCUT2D eigenvalue weighted by atomic mass is 16.5. The molecule has 2 aromatic carbocycles. The van der Waals surface area contributed by atoms with Crippen LogP contribution in [0, 0.1) is 0 Å². The predicted octanol–water partition coefficient (Wildman–Crippen LogP) is 6.03. The van der Waals surface area contributed by atoms with Crippen molar-refractivity contribution in [1.29, 1.82) is 0 Å². The molecule has 6 heteroatoms. The number of H-pyrrole nitrogens is 2. The van der Waals surface area contributed by atoms with Gasteiger partial charge in [0.25, 0.3) is 0 Å². The molecule has 2 aromatic heterocycles. The largest absolute Gasteiger partial charge is 0.464 e. The van der Waals surface area contributed by atoms with Crippen molar-refractivity contribution in [2.75, 3.05) is 14.2 Å². The van der Waals surface area contributed by atoms with E-state index in [1.807, 2.05) is 48.5 Å². The summed E-state index contributed by atoms with van der Waals surface area (Å²) in [5, 5.41) is 0. The SMILES string of the molecule is CCC(c1[nH]c(C(=O)OC)cc1CCc1ccccc1)c1[nH]c(C(=O)OC)cc1CCc1ccccc1. The number of aromatic nitrogens is 2. The molecule has 6 nitrogen and oxygen atoms in total. The molecule has 0 atom stereocenters. The van der Waals surface area contributed by atoms with E-state index in [1.165, 1.54) is 25.3 Å². The first-order valence-electron chi connectivity index (χ1n) is 12.7. The van der Waals surface area contributed by atoms with Gasteiger partial charge in [-0.05, 0) is 66.5 Å². The van der Waals surface area contributed by atoms with Crippen LogP contribution in [0.4, 0.5) is 0 Å². The standard InChI is InChI=1S/C31H34N2O4/c1-4-25(28-23(19-26(32-28)30(34)36-2)17-15-21-11-7-5-8-12-21)29-24(20-27(33-29)31(35)37-3)18-16-22-13-9-6-10-14-22/h5-14,19-20,25,32-33H,4,15-18H2,1-3H3. The summed E-state index contributed by atoms with van der Waals surface area (Å²) in [6, 6.07) is 24.4. The number of aryl methyl sites for hydroxylation is 4. The van der Waals surface area contributed by atoms with E-state index in [0.717, 1.165) is 54.6 Å². The summed E-state index contributed by atoms with van der Waals surface area (Å²) in [6.07, 6.45) is 4.02. The Morgan fingerprint density at radius 1 is 0.676 bits per heavy atom. The summed E-state index contributed by atoms with van der Waals surface area (Å²) in [4.78, 5) is 31.6. The molecule has 0 radical (unpaired) electrons. The second-order valence-corrected chi connectivity index (χ2v) is 9.16. The minimum Gasteiger partial charge on any atom is -0.464 e. The lowest BCUT2D eigenvalue weighted by Crippen LogP contribution is -2.09. The first-order chi connectivity index (χ1) is 18.0. The van der Waals surface area contributed by atoms with Gasteiger partial charge in [0, 0.05) is 17.3 Å². The van der Waals surface area contributed by atoms with Crippen LogP contribution >= 0.6 is 0 Å². The number of hydrogen-bond acceptors (Lipinski definition) is 4. The van der Waals surface area contributed by atoms with Gasteiger partial charge in [0.1, 0.15) is 11.4 Å². The van der Waals surface area contributed by atoms with Gasteiger partial charge in [-0.2, -0.15) is 0 Å². The van der Waals surface area contributed by atoms with Crippen LogP contribution in [0.1, 0.15) is 73.9 Å². The van der Waals surface area contributed by atoms with Crippen molar-refractivity contribution in [1.82, 2.24) is 9.97 Å². The van der Waals surface area contributed by atoms with Crippen molar-refractivity contribution in [3.05, 3.63) is 118 Å². The van der Waals surface area contributed by atoms with Crippen molar-refractivity contribution in [2.45, 2.75) is 44.9 Å². The quantitative estimate of drug-likeness (QED) is 0.247. The van der Waals surface area contributed by atoms with Gasteiger partial charge in [0.05, 0.1) is 14.2 Å². The smallest absolute Gasteiger partial charge is 0.354 e. The highest BCUT2D eigenvalue weighted by Crippen LogP contribution is 2.34. The lowest BCUT2D eigenvalue weighted by Gasteiger charge is -2.18. The molecular formula is C31H34N2O4. The van der Waals surface area contributed by atoms with Gasteiger partial charge in [-0.25, -0.2) is 9.59 Å². The molecule has 0 unspecified atom stereocenters. The number of rotatable bonds is 11. The fraction of sp³-hybridized carbons (Fsp3) is 0.290. The van der Waals surface area contributed by atoms with Gasteiger partial charge >= 0.3 is 11.9 Å². The lowest BCUT2D eigenvalue weighted by molar-refractivity contribution is 0.0586. The summed E-state index contributed by atoms with van der Waals surface area (Å²) in [7, 11) is 2.78. The van der Waals surface area contributed by atoms with Gasteiger partial charge < -0.3 is 19.4 Å². The highest BCUT2D eigenvalue weighted by Gasteiger charge is 2.26. The summed E-state index contributed by atoms with van der Waals surface area (Å²) in [6.45, 7) is 2.12. The van der Waals surface area contributed by atoms with Gasteiger partial charge in [-0.3, -0.25) is 0 Å². The predicted molar refractivity (Wildman–Crippen MR) is 144 cm³/mol. The number of esters is 2. The van der Waals surface area contributed by atoms with Gasteiger partial charge in [-0.15, -0.1) is 0 Å². The van der Waals surface area contributed by atoms with Crippen molar-refractivity contribution in [3.63, 3.8) is 0 Å². The molecule has 0 bridgehead atoms. The summed E-state index contributed by atoms with van der Waals surface area (Å²) in [5.74, 6) is -0.852. The van der Waals surface area contributed by atoms with E-state index >= 15 is 0 Å². The zero-order chi connectivity index (χ0) is 26.2. The Kier molecular flexibility index (Phi) is 8.62.